The molecule has 0 fully saturated rings. The van der Waals surface area contributed by atoms with E-state index in [9.17, 15) is 0 Å². The summed E-state index contributed by atoms with van der Waals surface area (Å²) in [4.78, 5) is 3.92. The first-order chi connectivity index (χ1) is 7.74. The van der Waals surface area contributed by atoms with Gasteiger partial charge in [0.15, 0.2) is 0 Å². The highest BCUT2D eigenvalue weighted by Gasteiger charge is 2.00. The molecule has 16 heavy (non-hydrogen) atoms. The lowest BCUT2D eigenvalue weighted by atomic mass is 10.0. The van der Waals surface area contributed by atoms with E-state index in [2.05, 4.69) is 34.3 Å². The van der Waals surface area contributed by atoms with Crippen LogP contribution in [0.3, 0.4) is 0 Å². The van der Waals surface area contributed by atoms with Crippen LogP contribution in [0.15, 0.2) is 36.9 Å². The van der Waals surface area contributed by atoms with Crippen molar-refractivity contribution in [1.29, 1.82) is 0 Å². The van der Waals surface area contributed by atoms with Crippen molar-refractivity contribution in [3.05, 3.63) is 48.0 Å². The highest BCUT2D eigenvalue weighted by Crippen LogP contribution is 2.08. The van der Waals surface area contributed by atoms with Gasteiger partial charge in [-0.05, 0) is 24.5 Å². The van der Waals surface area contributed by atoms with Gasteiger partial charge in [0.1, 0.15) is 12.7 Å². The molecule has 1 aromatic heterocycles. The monoisotopic (exact) mass is 216 g/mol. The van der Waals surface area contributed by atoms with E-state index in [0.29, 0.717) is 0 Å². The first kappa shape index (κ1) is 10.8. The molecule has 4 heteroatoms. The average molecular weight is 216 g/mol. The van der Waals surface area contributed by atoms with Crippen LogP contribution in [0.4, 0.5) is 0 Å². The zero-order chi connectivity index (χ0) is 11.4. The van der Waals surface area contributed by atoms with Gasteiger partial charge < -0.3 is 5.73 Å². The zero-order valence-corrected chi connectivity index (χ0v) is 9.37. The zero-order valence-electron chi connectivity index (χ0n) is 9.37. The van der Waals surface area contributed by atoms with Crippen molar-refractivity contribution in [3.8, 4) is 0 Å². The summed E-state index contributed by atoms with van der Waals surface area (Å²) >= 11 is 0. The van der Waals surface area contributed by atoms with Crippen molar-refractivity contribution < 1.29 is 0 Å². The molecule has 2 aromatic rings. The molecule has 0 aliphatic heterocycles. The Morgan fingerprint density at radius 3 is 2.88 bits per heavy atom. The Morgan fingerprint density at radius 1 is 1.38 bits per heavy atom. The third kappa shape index (κ3) is 2.90. The predicted molar refractivity (Wildman–Crippen MR) is 62.9 cm³/mol. The fraction of sp³-hybridized carbons (Fsp3) is 0.333. The average Bonchev–Trinajstić information content (AvgIpc) is 2.70. The fourth-order valence-electron chi connectivity index (χ4n) is 1.73. The van der Waals surface area contributed by atoms with E-state index >= 15 is 0 Å². The molecular formula is C12H16N4. The van der Waals surface area contributed by atoms with Crippen LogP contribution in [0.5, 0.6) is 0 Å². The molecule has 0 saturated heterocycles. The SMILES string of the molecule is CC(N)Cc1cccc(Cn2cncn2)c1. The second-order valence-corrected chi connectivity index (χ2v) is 4.09. The summed E-state index contributed by atoms with van der Waals surface area (Å²) < 4.78 is 1.81. The van der Waals surface area contributed by atoms with Gasteiger partial charge in [-0.3, -0.25) is 0 Å². The Bertz CT molecular complexity index is 434. The molecule has 0 saturated carbocycles. The molecule has 1 heterocycles. The molecule has 4 nitrogen and oxygen atoms in total. The minimum absolute atomic E-state index is 0.196. The Hall–Kier alpha value is -1.68. The van der Waals surface area contributed by atoms with Gasteiger partial charge in [-0.1, -0.05) is 24.3 Å². The molecule has 2 N–H and O–H groups in total. The van der Waals surface area contributed by atoms with Crippen LogP contribution in [0.25, 0.3) is 0 Å². The van der Waals surface area contributed by atoms with Crippen LogP contribution < -0.4 is 5.73 Å². The van der Waals surface area contributed by atoms with Crippen molar-refractivity contribution in [3.63, 3.8) is 0 Å². The minimum Gasteiger partial charge on any atom is -0.328 e. The molecule has 0 radical (unpaired) electrons. The predicted octanol–water partition coefficient (Wildman–Crippen LogP) is 1.22. The smallest absolute Gasteiger partial charge is 0.137 e. The van der Waals surface area contributed by atoms with Gasteiger partial charge in [0, 0.05) is 6.04 Å². The Balaban J connectivity index is 2.10. The summed E-state index contributed by atoms with van der Waals surface area (Å²) in [7, 11) is 0. The van der Waals surface area contributed by atoms with E-state index in [1.54, 1.807) is 12.7 Å². The van der Waals surface area contributed by atoms with Crippen LogP contribution >= 0.6 is 0 Å². The lowest BCUT2D eigenvalue weighted by Crippen LogP contribution is -2.17. The highest BCUT2D eigenvalue weighted by molar-refractivity contribution is 5.24. The summed E-state index contributed by atoms with van der Waals surface area (Å²) in [6.07, 6.45) is 4.18. The second kappa shape index (κ2) is 4.90. The molecule has 1 aromatic carbocycles. The van der Waals surface area contributed by atoms with Gasteiger partial charge >= 0.3 is 0 Å². The van der Waals surface area contributed by atoms with Gasteiger partial charge in [-0.25, -0.2) is 9.67 Å². The molecule has 0 bridgehead atoms. The Morgan fingerprint density at radius 2 is 2.19 bits per heavy atom. The number of nitrogens with zero attached hydrogens (tertiary/aromatic N) is 3. The van der Waals surface area contributed by atoms with Crippen LogP contribution in [0, 0.1) is 0 Å². The number of benzene rings is 1. The summed E-state index contributed by atoms with van der Waals surface area (Å²) in [6, 6.07) is 8.62. The van der Waals surface area contributed by atoms with Gasteiger partial charge in [0.05, 0.1) is 6.54 Å². The molecule has 0 amide bonds. The van der Waals surface area contributed by atoms with E-state index in [0.717, 1.165) is 13.0 Å². The fourth-order valence-corrected chi connectivity index (χ4v) is 1.73. The topological polar surface area (TPSA) is 56.7 Å². The molecule has 1 atom stereocenters. The lowest BCUT2D eigenvalue weighted by Gasteiger charge is -2.07. The van der Waals surface area contributed by atoms with Crippen molar-refractivity contribution in [2.45, 2.75) is 25.9 Å². The normalized spacial score (nSPS) is 12.6. The maximum absolute atomic E-state index is 5.78. The Kier molecular flexibility index (Phi) is 3.31. The second-order valence-electron chi connectivity index (χ2n) is 4.09. The lowest BCUT2D eigenvalue weighted by molar-refractivity contribution is 0.682. The van der Waals surface area contributed by atoms with Crippen LogP contribution in [-0.4, -0.2) is 20.8 Å². The molecule has 1 unspecified atom stereocenters. The van der Waals surface area contributed by atoms with Gasteiger partial charge in [0.2, 0.25) is 0 Å². The van der Waals surface area contributed by atoms with Crippen molar-refractivity contribution in [1.82, 2.24) is 14.8 Å². The molecule has 0 aliphatic carbocycles. The minimum atomic E-state index is 0.196. The van der Waals surface area contributed by atoms with E-state index in [-0.39, 0.29) is 6.04 Å². The number of nitrogens with two attached hydrogens (primary N) is 1. The van der Waals surface area contributed by atoms with E-state index in [4.69, 9.17) is 5.73 Å². The Labute approximate surface area is 95.1 Å². The molecular weight excluding hydrogens is 200 g/mol. The quantitative estimate of drug-likeness (QED) is 0.836. The first-order valence-corrected chi connectivity index (χ1v) is 5.40. The number of hydrogen-bond acceptors (Lipinski definition) is 3. The van der Waals surface area contributed by atoms with Crippen LogP contribution in [0.2, 0.25) is 0 Å². The summed E-state index contributed by atoms with van der Waals surface area (Å²) in [5.41, 5.74) is 8.28. The maximum atomic E-state index is 5.78. The molecule has 0 aliphatic rings. The maximum Gasteiger partial charge on any atom is 0.137 e. The first-order valence-electron chi connectivity index (χ1n) is 5.40. The molecule has 2 rings (SSSR count). The molecule has 0 spiro atoms. The summed E-state index contributed by atoms with van der Waals surface area (Å²) in [5.74, 6) is 0. The number of rotatable bonds is 4. The third-order valence-corrected chi connectivity index (χ3v) is 2.36. The highest BCUT2D eigenvalue weighted by atomic mass is 15.3. The summed E-state index contributed by atoms with van der Waals surface area (Å²) in [5, 5.41) is 4.08. The van der Waals surface area contributed by atoms with Gasteiger partial charge in [-0.15, -0.1) is 0 Å². The van der Waals surface area contributed by atoms with Crippen molar-refractivity contribution in [2.24, 2.45) is 5.73 Å². The van der Waals surface area contributed by atoms with Crippen LogP contribution in [0.1, 0.15) is 18.1 Å². The van der Waals surface area contributed by atoms with Gasteiger partial charge in [0.25, 0.3) is 0 Å². The third-order valence-electron chi connectivity index (χ3n) is 2.36. The van der Waals surface area contributed by atoms with E-state index in [1.165, 1.54) is 11.1 Å². The van der Waals surface area contributed by atoms with E-state index < -0.39 is 0 Å². The largest absolute Gasteiger partial charge is 0.328 e. The van der Waals surface area contributed by atoms with Crippen LogP contribution in [-0.2, 0) is 13.0 Å². The van der Waals surface area contributed by atoms with Crippen molar-refractivity contribution >= 4 is 0 Å². The number of hydrogen-bond donors (Lipinski definition) is 1. The number of aromatic nitrogens is 3. The van der Waals surface area contributed by atoms with E-state index in [1.807, 2.05) is 11.6 Å². The molecule has 84 valence electrons. The van der Waals surface area contributed by atoms with Crippen molar-refractivity contribution in [2.75, 3.05) is 0 Å². The standard InChI is InChI=1S/C12H16N4/c1-10(13)5-11-3-2-4-12(6-11)7-16-9-14-8-15-16/h2-4,6,8-10H,5,7,13H2,1H3. The summed E-state index contributed by atoms with van der Waals surface area (Å²) in [6.45, 7) is 2.77. The van der Waals surface area contributed by atoms with Gasteiger partial charge in [-0.2, -0.15) is 5.10 Å².